The first-order valence-electron chi connectivity index (χ1n) is 10.3. The Hall–Kier alpha value is -2.87. The zero-order chi connectivity index (χ0) is 22.4. The molecule has 1 saturated heterocycles. The van der Waals surface area contributed by atoms with Gasteiger partial charge in [0.1, 0.15) is 0 Å². The molecule has 0 aliphatic carbocycles. The first-order chi connectivity index (χ1) is 14.8. The first-order valence-corrected chi connectivity index (χ1v) is 10.3. The number of rotatable bonds is 7. The summed E-state index contributed by atoms with van der Waals surface area (Å²) in [6, 6.07) is 14.1. The molecule has 1 aliphatic rings. The quantitative estimate of drug-likeness (QED) is 0.714. The fourth-order valence-corrected chi connectivity index (χ4v) is 3.94. The van der Waals surface area contributed by atoms with Crippen LogP contribution in [-0.4, -0.2) is 36.3 Å². The lowest BCUT2D eigenvalue weighted by molar-refractivity contribution is -0.137. The van der Waals surface area contributed by atoms with Crippen molar-refractivity contribution in [3.8, 4) is 0 Å². The van der Waals surface area contributed by atoms with E-state index in [1.807, 2.05) is 23.1 Å². The Morgan fingerprint density at radius 3 is 2.32 bits per heavy atom. The van der Waals surface area contributed by atoms with E-state index < -0.39 is 17.6 Å². The topological polar surface area (TPSA) is 66.6 Å². The van der Waals surface area contributed by atoms with E-state index in [0.717, 1.165) is 37.0 Å². The lowest BCUT2D eigenvalue weighted by Crippen LogP contribution is -2.44. The third kappa shape index (κ3) is 6.07. The molecule has 166 valence electrons. The summed E-state index contributed by atoms with van der Waals surface area (Å²) in [5.41, 5.74) is 6.04. The van der Waals surface area contributed by atoms with Crippen LogP contribution < -0.4 is 10.6 Å². The number of hydrogen-bond donors (Lipinski definition) is 1. The number of hydrogen-bond acceptors (Lipinski definition) is 3. The molecule has 0 spiro atoms. The minimum atomic E-state index is -4.38. The van der Waals surface area contributed by atoms with Gasteiger partial charge in [0.15, 0.2) is 0 Å². The maximum absolute atomic E-state index is 13.2. The molecule has 1 heterocycles. The van der Waals surface area contributed by atoms with Crippen LogP contribution in [-0.2, 0) is 15.8 Å². The number of likely N-dealkylation sites (tertiary alicyclic amines) is 1. The lowest BCUT2D eigenvalue weighted by Gasteiger charge is -2.37. The Morgan fingerprint density at radius 2 is 1.71 bits per heavy atom. The molecule has 31 heavy (non-hydrogen) atoms. The molecular weight excluding hydrogens is 407 g/mol. The normalized spacial score (nSPS) is 17.3. The van der Waals surface area contributed by atoms with Gasteiger partial charge in [-0.25, -0.2) is 0 Å². The van der Waals surface area contributed by atoms with Crippen LogP contribution in [0.3, 0.4) is 0 Å². The van der Waals surface area contributed by atoms with Gasteiger partial charge in [0.05, 0.1) is 12.1 Å². The molecule has 0 saturated carbocycles. The van der Waals surface area contributed by atoms with Gasteiger partial charge in [-0.2, -0.15) is 13.2 Å². The Bertz CT molecular complexity index is 885. The van der Waals surface area contributed by atoms with Crippen LogP contribution in [0.25, 0.3) is 0 Å². The number of anilines is 1. The van der Waals surface area contributed by atoms with E-state index in [9.17, 15) is 22.8 Å². The highest BCUT2D eigenvalue weighted by molar-refractivity contribution is 5.95. The van der Waals surface area contributed by atoms with Crippen molar-refractivity contribution in [1.29, 1.82) is 0 Å². The smallest absolute Gasteiger partial charge is 0.370 e. The number of nitrogens with two attached hydrogens (primary N) is 1. The molecule has 0 radical (unpaired) electrons. The fourth-order valence-electron chi connectivity index (χ4n) is 3.94. The monoisotopic (exact) mass is 433 g/mol. The summed E-state index contributed by atoms with van der Waals surface area (Å²) in [7, 11) is 0. The molecule has 2 amide bonds. The predicted octanol–water partition coefficient (Wildman–Crippen LogP) is 4.14. The Kier molecular flexibility index (Phi) is 7.33. The number of carbonyl (C=O) groups is 2. The number of benzene rings is 2. The maximum atomic E-state index is 13.2. The molecule has 0 aromatic heterocycles. The average molecular weight is 433 g/mol. The molecule has 0 bridgehead atoms. The highest BCUT2D eigenvalue weighted by atomic mass is 19.4. The third-order valence-electron chi connectivity index (χ3n) is 5.53. The van der Waals surface area contributed by atoms with E-state index in [1.165, 1.54) is 12.1 Å². The van der Waals surface area contributed by atoms with E-state index in [-0.39, 0.29) is 31.5 Å². The minimum Gasteiger partial charge on any atom is -0.370 e. The van der Waals surface area contributed by atoms with Crippen molar-refractivity contribution in [2.45, 2.75) is 37.9 Å². The van der Waals surface area contributed by atoms with Crippen LogP contribution in [0.15, 0.2) is 54.6 Å². The molecule has 2 aromatic rings. The Morgan fingerprint density at radius 1 is 1.03 bits per heavy atom. The molecule has 8 heteroatoms. The molecule has 1 aliphatic heterocycles. The molecule has 1 atom stereocenters. The van der Waals surface area contributed by atoms with Crippen molar-refractivity contribution in [2.75, 3.05) is 24.5 Å². The van der Waals surface area contributed by atoms with Gasteiger partial charge in [0.25, 0.3) is 0 Å². The summed E-state index contributed by atoms with van der Waals surface area (Å²) in [5, 5.41) is 0. The standard InChI is InChI=1S/C23H26F3N3O2/c24-23(25,26)18-11-9-17(10-12-18)20-8-4-5-14-28(20)16-22(31)29(15-13-21(27)30)19-6-2-1-3-7-19/h1-3,6-7,9-12,20H,4-5,8,13-16H2,(H2,27,30). The first kappa shape index (κ1) is 22.8. The van der Waals surface area contributed by atoms with Crippen molar-refractivity contribution < 1.29 is 22.8 Å². The van der Waals surface area contributed by atoms with Crippen molar-refractivity contribution in [1.82, 2.24) is 4.90 Å². The van der Waals surface area contributed by atoms with Crippen molar-refractivity contribution in [3.63, 3.8) is 0 Å². The van der Waals surface area contributed by atoms with Crippen molar-refractivity contribution in [3.05, 3.63) is 65.7 Å². The Balaban J connectivity index is 1.77. The number of para-hydroxylation sites is 1. The second-order valence-electron chi connectivity index (χ2n) is 7.70. The zero-order valence-electron chi connectivity index (χ0n) is 17.1. The van der Waals surface area contributed by atoms with E-state index in [2.05, 4.69) is 0 Å². The second kappa shape index (κ2) is 9.96. The number of amides is 2. The highest BCUT2D eigenvalue weighted by Crippen LogP contribution is 2.34. The second-order valence-corrected chi connectivity index (χ2v) is 7.70. The third-order valence-corrected chi connectivity index (χ3v) is 5.53. The summed E-state index contributed by atoms with van der Waals surface area (Å²) < 4.78 is 38.7. The molecule has 1 unspecified atom stereocenters. The number of alkyl halides is 3. The largest absolute Gasteiger partial charge is 0.416 e. The van der Waals surface area contributed by atoms with Crippen LogP contribution in [0.1, 0.15) is 42.9 Å². The summed E-state index contributed by atoms with van der Waals surface area (Å²) in [6.07, 6.45) is -1.71. The minimum absolute atomic E-state index is 0.0446. The van der Waals surface area contributed by atoms with Gasteiger partial charge in [-0.05, 0) is 49.2 Å². The molecule has 5 nitrogen and oxygen atoms in total. The summed E-state index contributed by atoms with van der Waals surface area (Å²) in [5.74, 6) is -0.666. The number of piperidine rings is 1. The molecule has 1 fully saturated rings. The van der Waals surface area contributed by atoms with Gasteiger partial charge < -0.3 is 10.6 Å². The van der Waals surface area contributed by atoms with E-state index in [4.69, 9.17) is 5.73 Å². The van der Waals surface area contributed by atoms with Crippen molar-refractivity contribution >= 4 is 17.5 Å². The van der Waals surface area contributed by atoms with Gasteiger partial charge in [-0.15, -0.1) is 0 Å². The fraction of sp³-hybridized carbons (Fsp3) is 0.391. The van der Waals surface area contributed by atoms with E-state index in [0.29, 0.717) is 12.2 Å². The van der Waals surface area contributed by atoms with Gasteiger partial charge >= 0.3 is 6.18 Å². The summed E-state index contributed by atoms with van der Waals surface area (Å²) in [4.78, 5) is 28.0. The number of nitrogens with zero attached hydrogens (tertiary/aromatic N) is 2. The van der Waals surface area contributed by atoms with Gasteiger partial charge in [0.2, 0.25) is 11.8 Å². The molecule has 2 aromatic carbocycles. The highest BCUT2D eigenvalue weighted by Gasteiger charge is 2.32. The van der Waals surface area contributed by atoms with Crippen LogP contribution in [0.4, 0.5) is 18.9 Å². The van der Waals surface area contributed by atoms with E-state index >= 15 is 0 Å². The number of halogens is 3. The van der Waals surface area contributed by atoms with Gasteiger partial charge in [0, 0.05) is 24.7 Å². The summed E-state index contributed by atoms with van der Waals surface area (Å²) in [6.45, 7) is 0.964. The van der Waals surface area contributed by atoms with Crippen LogP contribution in [0, 0.1) is 0 Å². The molecular formula is C23H26F3N3O2. The SMILES string of the molecule is NC(=O)CCN(C(=O)CN1CCCCC1c1ccc(C(F)(F)F)cc1)c1ccccc1. The summed E-state index contributed by atoms with van der Waals surface area (Å²) >= 11 is 0. The van der Waals surface area contributed by atoms with E-state index in [1.54, 1.807) is 17.0 Å². The molecule has 2 N–H and O–H groups in total. The maximum Gasteiger partial charge on any atom is 0.416 e. The van der Waals surface area contributed by atoms with Crippen LogP contribution in [0.5, 0.6) is 0 Å². The van der Waals surface area contributed by atoms with Gasteiger partial charge in [-0.1, -0.05) is 36.8 Å². The molecule has 3 rings (SSSR count). The zero-order valence-corrected chi connectivity index (χ0v) is 17.1. The van der Waals surface area contributed by atoms with Crippen LogP contribution >= 0.6 is 0 Å². The van der Waals surface area contributed by atoms with Gasteiger partial charge in [-0.3, -0.25) is 14.5 Å². The number of primary amides is 1. The van der Waals surface area contributed by atoms with Crippen LogP contribution in [0.2, 0.25) is 0 Å². The Labute approximate surface area is 179 Å². The average Bonchev–Trinajstić information content (AvgIpc) is 2.74. The lowest BCUT2D eigenvalue weighted by atomic mass is 9.94. The predicted molar refractivity (Wildman–Crippen MR) is 112 cm³/mol. The van der Waals surface area contributed by atoms with Crippen molar-refractivity contribution in [2.24, 2.45) is 5.73 Å². The number of carbonyl (C=O) groups excluding carboxylic acids is 2.